The minimum atomic E-state index is -0.347. The molecule has 2 aromatic heterocycles. The van der Waals surface area contributed by atoms with Crippen molar-refractivity contribution in [2.24, 2.45) is 14.1 Å². The number of aromatic nitrogens is 3. The Morgan fingerprint density at radius 3 is 2.33 bits per heavy atom. The van der Waals surface area contributed by atoms with E-state index >= 15 is 0 Å². The Morgan fingerprint density at radius 2 is 1.67 bits per heavy atom. The molecule has 0 fully saturated rings. The van der Waals surface area contributed by atoms with E-state index in [1.807, 2.05) is 24.3 Å². The van der Waals surface area contributed by atoms with Crippen molar-refractivity contribution < 1.29 is 0 Å². The number of hydrogen-bond acceptors (Lipinski definition) is 3. The van der Waals surface area contributed by atoms with Gasteiger partial charge in [-0.05, 0) is 18.2 Å². The lowest BCUT2D eigenvalue weighted by atomic mass is 10.1. The van der Waals surface area contributed by atoms with Gasteiger partial charge in [-0.3, -0.25) is 18.9 Å². The van der Waals surface area contributed by atoms with E-state index in [4.69, 9.17) is 0 Å². The van der Waals surface area contributed by atoms with Gasteiger partial charge < -0.3 is 0 Å². The number of rotatable bonds is 1. The Hall–Kier alpha value is -2.21. The Kier molecular flexibility index (Phi) is 3.25. The Balaban J connectivity index is 2.48. The average Bonchev–Trinajstić information content (AvgIpc) is 2.51. The molecule has 0 aliphatic rings. The van der Waals surface area contributed by atoms with E-state index in [0.29, 0.717) is 16.6 Å². The zero-order valence-electron chi connectivity index (χ0n) is 11.5. The topological polar surface area (TPSA) is 56.9 Å². The van der Waals surface area contributed by atoms with Crippen molar-refractivity contribution >= 4 is 26.8 Å². The van der Waals surface area contributed by atoms with Crippen LogP contribution in [-0.2, 0) is 14.1 Å². The van der Waals surface area contributed by atoms with Gasteiger partial charge in [0.05, 0.1) is 16.6 Å². The molecule has 0 radical (unpaired) electrons. The van der Waals surface area contributed by atoms with Crippen LogP contribution in [0.1, 0.15) is 0 Å². The van der Waals surface area contributed by atoms with Crippen LogP contribution >= 0.6 is 15.9 Å². The molecule has 1 aromatic carbocycles. The molecule has 0 bridgehead atoms. The fraction of sp³-hybridized carbons (Fsp3) is 0.133. The fourth-order valence-corrected chi connectivity index (χ4v) is 2.62. The summed E-state index contributed by atoms with van der Waals surface area (Å²) in [5.74, 6) is 0. The zero-order valence-corrected chi connectivity index (χ0v) is 13.1. The molecule has 0 spiro atoms. The largest absolute Gasteiger partial charge is 0.330 e. The monoisotopic (exact) mass is 345 g/mol. The summed E-state index contributed by atoms with van der Waals surface area (Å²) < 4.78 is 3.51. The van der Waals surface area contributed by atoms with Crippen LogP contribution in [0.4, 0.5) is 0 Å². The third-order valence-electron chi connectivity index (χ3n) is 3.50. The van der Waals surface area contributed by atoms with Crippen LogP contribution in [0, 0.1) is 0 Å². The van der Waals surface area contributed by atoms with Crippen LogP contribution in [0.2, 0.25) is 0 Å². The van der Waals surface area contributed by atoms with Gasteiger partial charge in [0.1, 0.15) is 0 Å². The first-order valence-corrected chi connectivity index (χ1v) is 7.10. The molecule has 0 unspecified atom stereocenters. The van der Waals surface area contributed by atoms with Gasteiger partial charge >= 0.3 is 5.69 Å². The van der Waals surface area contributed by atoms with Gasteiger partial charge in [0.2, 0.25) is 0 Å². The van der Waals surface area contributed by atoms with E-state index in [1.165, 1.54) is 11.6 Å². The lowest BCUT2D eigenvalue weighted by Gasteiger charge is -2.10. The lowest BCUT2D eigenvalue weighted by molar-refractivity contribution is 0.713. The average molecular weight is 346 g/mol. The number of aryl methyl sites for hydroxylation is 1. The zero-order chi connectivity index (χ0) is 15.1. The summed E-state index contributed by atoms with van der Waals surface area (Å²) in [6, 6.07) is 9.23. The van der Waals surface area contributed by atoms with Gasteiger partial charge in [-0.1, -0.05) is 28.1 Å². The molecule has 0 atom stereocenters. The molecule has 0 amide bonds. The highest BCUT2D eigenvalue weighted by Gasteiger charge is 2.14. The van der Waals surface area contributed by atoms with E-state index in [2.05, 4.69) is 20.9 Å². The molecule has 0 saturated carbocycles. The Labute approximate surface area is 128 Å². The fourth-order valence-electron chi connectivity index (χ4n) is 2.35. The van der Waals surface area contributed by atoms with Crippen molar-refractivity contribution in [1.29, 1.82) is 0 Å². The van der Waals surface area contributed by atoms with E-state index in [9.17, 15) is 9.59 Å². The number of hydrogen-bond donors (Lipinski definition) is 0. The number of pyridine rings is 1. The van der Waals surface area contributed by atoms with Gasteiger partial charge in [-0.2, -0.15) is 0 Å². The maximum Gasteiger partial charge on any atom is 0.330 e. The Morgan fingerprint density at radius 1 is 1.00 bits per heavy atom. The van der Waals surface area contributed by atoms with Crippen molar-refractivity contribution in [3.8, 4) is 11.3 Å². The van der Waals surface area contributed by atoms with Crippen LogP contribution in [-0.4, -0.2) is 14.1 Å². The molecular formula is C15H12BrN3O2. The molecule has 3 aromatic rings. The van der Waals surface area contributed by atoms with E-state index < -0.39 is 0 Å². The molecule has 3 rings (SSSR count). The summed E-state index contributed by atoms with van der Waals surface area (Å²) in [4.78, 5) is 28.8. The predicted molar refractivity (Wildman–Crippen MR) is 85.4 cm³/mol. The first kappa shape index (κ1) is 13.8. The SMILES string of the molecule is Cn1c(=O)c2c(-c3ccc(Br)cc3)nccc2n(C)c1=O. The third-order valence-corrected chi connectivity index (χ3v) is 4.03. The highest BCUT2D eigenvalue weighted by atomic mass is 79.9. The standard InChI is InChI=1S/C15H12BrN3O2/c1-18-11-7-8-17-13(9-3-5-10(16)6-4-9)12(11)14(20)19(2)15(18)21/h3-8H,1-2H3. The van der Waals surface area contributed by atoms with Gasteiger partial charge in [0, 0.05) is 30.3 Å². The van der Waals surface area contributed by atoms with Gasteiger partial charge in [-0.25, -0.2) is 4.79 Å². The molecular weight excluding hydrogens is 334 g/mol. The highest BCUT2D eigenvalue weighted by Crippen LogP contribution is 2.24. The number of fused-ring (bicyclic) bond motifs is 1. The smallest absolute Gasteiger partial charge is 0.296 e. The van der Waals surface area contributed by atoms with Gasteiger partial charge in [0.25, 0.3) is 5.56 Å². The summed E-state index contributed by atoms with van der Waals surface area (Å²) in [6.45, 7) is 0. The van der Waals surface area contributed by atoms with Crippen LogP contribution in [0.15, 0.2) is 50.6 Å². The molecule has 106 valence electrons. The third kappa shape index (κ3) is 2.12. The maximum atomic E-state index is 12.5. The minimum absolute atomic E-state index is 0.334. The molecule has 5 nitrogen and oxygen atoms in total. The van der Waals surface area contributed by atoms with Gasteiger partial charge in [-0.15, -0.1) is 0 Å². The van der Waals surface area contributed by atoms with E-state index in [-0.39, 0.29) is 11.2 Å². The second kappa shape index (κ2) is 4.96. The predicted octanol–water partition coefficient (Wildman–Crippen LogP) is 2.06. The van der Waals surface area contributed by atoms with Crippen LogP contribution in [0.25, 0.3) is 22.2 Å². The maximum absolute atomic E-state index is 12.5. The summed E-state index contributed by atoms with van der Waals surface area (Å²) in [7, 11) is 3.12. The summed E-state index contributed by atoms with van der Waals surface area (Å²) in [6.07, 6.45) is 1.61. The lowest BCUT2D eigenvalue weighted by Crippen LogP contribution is -2.37. The normalized spacial score (nSPS) is 11.0. The molecule has 0 N–H and O–H groups in total. The summed E-state index contributed by atoms with van der Waals surface area (Å²) >= 11 is 3.38. The van der Waals surface area contributed by atoms with Crippen molar-refractivity contribution in [1.82, 2.24) is 14.1 Å². The molecule has 0 aliphatic heterocycles. The van der Waals surface area contributed by atoms with Crippen molar-refractivity contribution in [3.63, 3.8) is 0 Å². The Bertz CT molecular complexity index is 956. The van der Waals surface area contributed by atoms with Crippen molar-refractivity contribution in [3.05, 3.63) is 61.8 Å². The summed E-state index contributed by atoms with van der Waals surface area (Å²) in [5.41, 5.74) is 1.31. The number of benzene rings is 1. The highest BCUT2D eigenvalue weighted by molar-refractivity contribution is 9.10. The van der Waals surface area contributed by atoms with Crippen molar-refractivity contribution in [2.75, 3.05) is 0 Å². The molecule has 2 heterocycles. The molecule has 6 heteroatoms. The first-order valence-electron chi connectivity index (χ1n) is 6.31. The van der Waals surface area contributed by atoms with Crippen molar-refractivity contribution in [2.45, 2.75) is 0 Å². The van der Waals surface area contributed by atoms with E-state index in [1.54, 1.807) is 19.3 Å². The van der Waals surface area contributed by atoms with Gasteiger partial charge in [0.15, 0.2) is 0 Å². The number of halogens is 1. The number of nitrogens with zero attached hydrogens (tertiary/aromatic N) is 3. The molecule has 0 aliphatic carbocycles. The minimum Gasteiger partial charge on any atom is -0.296 e. The molecule has 21 heavy (non-hydrogen) atoms. The quantitative estimate of drug-likeness (QED) is 0.678. The van der Waals surface area contributed by atoms with Crippen LogP contribution in [0.3, 0.4) is 0 Å². The van der Waals surface area contributed by atoms with Crippen LogP contribution < -0.4 is 11.2 Å². The first-order chi connectivity index (χ1) is 10.0. The van der Waals surface area contributed by atoms with Crippen LogP contribution in [0.5, 0.6) is 0 Å². The molecule has 0 saturated heterocycles. The second-order valence-corrected chi connectivity index (χ2v) is 5.68. The van der Waals surface area contributed by atoms with E-state index in [0.717, 1.165) is 14.6 Å². The second-order valence-electron chi connectivity index (χ2n) is 4.77. The summed E-state index contributed by atoms with van der Waals surface area (Å²) in [5, 5.41) is 0.449.